The highest BCUT2D eigenvalue weighted by atomic mass is 16.5. The highest BCUT2D eigenvalue weighted by Gasteiger charge is 2.08. The van der Waals surface area contributed by atoms with Gasteiger partial charge in [0.2, 0.25) is 0 Å². The van der Waals surface area contributed by atoms with Crippen molar-refractivity contribution in [1.29, 1.82) is 0 Å². The number of nitrogens with zero attached hydrogens (tertiary/aromatic N) is 1. The third-order valence-corrected chi connectivity index (χ3v) is 2.94. The molecule has 1 unspecified atom stereocenters. The molecule has 1 aromatic heterocycles. The van der Waals surface area contributed by atoms with Gasteiger partial charge in [0.15, 0.2) is 0 Å². The molecule has 3 nitrogen and oxygen atoms in total. The van der Waals surface area contributed by atoms with Crippen molar-refractivity contribution in [3.05, 3.63) is 59.9 Å². The van der Waals surface area contributed by atoms with Gasteiger partial charge in [-0.1, -0.05) is 25.1 Å². The summed E-state index contributed by atoms with van der Waals surface area (Å²) < 4.78 is 5.63. The molecule has 0 aliphatic heterocycles. The Morgan fingerprint density at radius 1 is 1.26 bits per heavy atom. The van der Waals surface area contributed by atoms with Crippen LogP contribution in [0.3, 0.4) is 0 Å². The van der Waals surface area contributed by atoms with Gasteiger partial charge >= 0.3 is 0 Å². The topological polar surface area (TPSA) is 48.1 Å². The number of hydrogen-bond acceptors (Lipinski definition) is 3. The molecule has 19 heavy (non-hydrogen) atoms. The van der Waals surface area contributed by atoms with E-state index in [1.54, 1.807) is 6.20 Å². The van der Waals surface area contributed by atoms with Crippen LogP contribution < -0.4 is 10.5 Å². The van der Waals surface area contributed by atoms with E-state index in [1.165, 1.54) is 0 Å². The number of nitrogens with two attached hydrogens (primary N) is 1. The number of rotatable bonds is 6. The first-order valence-corrected chi connectivity index (χ1v) is 6.67. The first kappa shape index (κ1) is 13.6. The van der Waals surface area contributed by atoms with Gasteiger partial charge in [-0.2, -0.15) is 0 Å². The van der Waals surface area contributed by atoms with Gasteiger partial charge in [-0.25, -0.2) is 0 Å². The van der Waals surface area contributed by atoms with Crippen LogP contribution >= 0.6 is 0 Å². The first-order chi connectivity index (χ1) is 9.29. The fourth-order valence-corrected chi connectivity index (χ4v) is 1.95. The molecule has 0 aliphatic carbocycles. The molecule has 0 bridgehead atoms. The van der Waals surface area contributed by atoms with E-state index >= 15 is 0 Å². The van der Waals surface area contributed by atoms with E-state index in [0.717, 1.165) is 36.3 Å². The Morgan fingerprint density at radius 3 is 2.89 bits per heavy atom. The second-order valence-electron chi connectivity index (χ2n) is 4.59. The molecule has 2 N–H and O–H groups in total. The molecular weight excluding hydrogens is 236 g/mol. The lowest BCUT2D eigenvalue weighted by Gasteiger charge is -2.13. The minimum Gasteiger partial charge on any atom is -0.494 e. The summed E-state index contributed by atoms with van der Waals surface area (Å²) in [6.07, 6.45) is 5.42. The van der Waals surface area contributed by atoms with E-state index < -0.39 is 0 Å². The van der Waals surface area contributed by atoms with Crippen molar-refractivity contribution in [2.24, 2.45) is 5.73 Å². The molecule has 3 heteroatoms. The molecule has 2 rings (SSSR count). The van der Waals surface area contributed by atoms with Crippen LogP contribution in [0.4, 0.5) is 0 Å². The molecule has 0 saturated heterocycles. The molecule has 0 fully saturated rings. The van der Waals surface area contributed by atoms with Crippen molar-refractivity contribution in [1.82, 2.24) is 4.98 Å². The quantitative estimate of drug-likeness (QED) is 0.864. The molecule has 1 atom stereocenters. The van der Waals surface area contributed by atoms with Crippen LogP contribution in [0.5, 0.6) is 5.75 Å². The van der Waals surface area contributed by atoms with Crippen molar-refractivity contribution in [3.8, 4) is 5.75 Å². The van der Waals surface area contributed by atoms with Crippen LogP contribution in [0.15, 0.2) is 48.8 Å². The zero-order valence-electron chi connectivity index (χ0n) is 11.3. The van der Waals surface area contributed by atoms with Crippen molar-refractivity contribution >= 4 is 0 Å². The lowest BCUT2D eigenvalue weighted by Crippen LogP contribution is -2.13. The third-order valence-electron chi connectivity index (χ3n) is 2.94. The molecule has 0 amide bonds. The summed E-state index contributed by atoms with van der Waals surface area (Å²) in [7, 11) is 0. The van der Waals surface area contributed by atoms with Crippen LogP contribution in [0.1, 0.15) is 30.5 Å². The Labute approximate surface area is 114 Å². The van der Waals surface area contributed by atoms with Crippen LogP contribution in [0, 0.1) is 0 Å². The van der Waals surface area contributed by atoms with Crippen molar-refractivity contribution in [3.63, 3.8) is 0 Å². The smallest absolute Gasteiger partial charge is 0.119 e. The number of aromatic nitrogens is 1. The number of ether oxygens (including phenoxy) is 1. The lowest BCUT2D eigenvalue weighted by atomic mass is 10.0. The minimum absolute atomic E-state index is 0.0330. The third kappa shape index (κ3) is 4.07. The van der Waals surface area contributed by atoms with Gasteiger partial charge in [0, 0.05) is 18.4 Å². The van der Waals surface area contributed by atoms with Gasteiger partial charge < -0.3 is 10.5 Å². The monoisotopic (exact) mass is 256 g/mol. The molecular formula is C16H20N2O. The zero-order valence-corrected chi connectivity index (χ0v) is 11.3. The maximum Gasteiger partial charge on any atom is 0.119 e. The second-order valence-corrected chi connectivity index (χ2v) is 4.59. The second kappa shape index (κ2) is 6.90. The van der Waals surface area contributed by atoms with Crippen LogP contribution in [-0.4, -0.2) is 11.6 Å². The van der Waals surface area contributed by atoms with E-state index in [1.807, 2.05) is 42.6 Å². The maximum atomic E-state index is 6.24. The van der Waals surface area contributed by atoms with Crippen molar-refractivity contribution in [2.75, 3.05) is 6.61 Å². The molecule has 0 saturated carbocycles. The zero-order chi connectivity index (χ0) is 13.5. The predicted octanol–water partition coefficient (Wildman–Crippen LogP) is 3.11. The van der Waals surface area contributed by atoms with Gasteiger partial charge in [-0.05, 0) is 42.2 Å². The Morgan fingerprint density at radius 2 is 2.16 bits per heavy atom. The number of pyridine rings is 1. The fraction of sp³-hybridized carbons (Fsp3) is 0.312. The maximum absolute atomic E-state index is 6.24. The number of hydrogen-bond donors (Lipinski definition) is 1. The molecule has 0 spiro atoms. The molecule has 0 radical (unpaired) electrons. The summed E-state index contributed by atoms with van der Waals surface area (Å²) >= 11 is 0. The van der Waals surface area contributed by atoms with Crippen molar-refractivity contribution in [2.45, 2.75) is 25.8 Å². The number of benzene rings is 1. The van der Waals surface area contributed by atoms with Crippen molar-refractivity contribution < 1.29 is 4.74 Å². The molecule has 2 aromatic rings. The molecule has 1 heterocycles. The largest absolute Gasteiger partial charge is 0.494 e. The molecule has 0 aliphatic rings. The minimum atomic E-state index is -0.0330. The molecule has 100 valence electrons. The Bertz CT molecular complexity index is 499. The summed E-state index contributed by atoms with van der Waals surface area (Å²) in [4.78, 5) is 4.11. The summed E-state index contributed by atoms with van der Waals surface area (Å²) in [5.74, 6) is 0.890. The van der Waals surface area contributed by atoms with E-state index in [0.29, 0.717) is 0 Å². The van der Waals surface area contributed by atoms with E-state index in [2.05, 4.69) is 11.9 Å². The Kier molecular flexibility index (Phi) is 4.93. The highest BCUT2D eigenvalue weighted by molar-refractivity contribution is 5.31. The average molecular weight is 256 g/mol. The summed E-state index contributed by atoms with van der Waals surface area (Å²) in [5.41, 5.74) is 8.48. The lowest BCUT2D eigenvalue weighted by molar-refractivity contribution is 0.317. The summed E-state index contributed by atoms with van der Waals surface area (Å²) in [6, 6.07) is 12.0. The normalized spacial score (nSPS) is 12.1. The Hall–Kier alpha value is -1.87. The standard InChI is InChI=1S/C16H20N2O/c1-2-9-19-15-7-3-6-14(11-15)16(17)10-13-5-4-8-18-12-13/h3-8,11-12,16H,2,9-10,17H2,1H3. The van der Waals surface area contributed by atoms with Crippen LogP contribution in [-0.2, 0) is 6.42 Å². The van der Waals surface area contributed by atoms with Gasteiger partial charge in [-0.15, -0.1) is 0 Å². The SMILES string of the molecule is CCCOc1cccc(C(N)Cc2cccnc2)c1. The highest BCUT2D eigenvalue weighted by Crippen LogP contribution is 2.20. The molecule has 1 aromatic carbocycles. The van der Waals surface area contributed by atoms with E-state index in [4.69, 9.17) is 10.5 Å². The van der Waals surface area contributed by atoms with Crippen LogP contribution in [0.25, 0.3) is 0 Å². The van der Waals surface area contributed by atoms with Gasteiger partial charge in [0.1, 0.15) is 5.75 Å². The van der Waals surface area contributed by atoms with Crippen LogP contribution in [0.2, 0.25) is 0 Å². The Balaban J connectivity index is 2.04. The average Bonchev–Trinajstić information content (AvgIpc) is 2.46. The predicted molar refractivity (Wildman–Crippen MR) is 77.1 cm³/mol. The van der Waals surface area contributed by atoms with E-state index in [9.17, 15) is 0 Å². The van der Waals surface area contributed by atoms with Gasteiger partial charge in [0.05, 0.1) is 6.61 Å². The fourth-order valence-electron chi connectivity index (χ4n) is 1.95. The van der Waals surface area contributed by atoms with Gasteiger partial charge in [0.25, 0.3) is 0 Å². The van der Waals surface area contributed by atoms with E-state index in [-0.39, 0.29) is 6.04 Å². The van der Waals surface area contributed by atoms with Gasteiger partial charge in [-0.3, -0.25) is 4.98 Å². The summed E-state index contributed by atoms with van der Waals surface area (Å²) in [6.45, 7) is 2.83. The summed E-state index contributed by atoms with van der Waals surface area (Å²) in [5, 5.41) is 0. The first-order valence-electron chi connectivity index (χ1n) is 6.67.